The van der Waals surface area contributed by atoms with Crippen molar-refractivity contribution in [1.29, 1.82) is 0 Å². The van der Waals surface area contributed by atoms with Crippen LogP contribution in [0.2, 0.25) is 10.0 Å². The average molecular weight is 466 g/mol. The Labute approximate surface area is 204 Å². The summed E-state index contributed by atoms with van der Waals surface area (Å²) in [5.74, 6) is 0.0510. The van der Waals surface area contributed by atoms with E-state index in [1.807, 2.05) is 48.7 Å². The molecule has 4 aromatic carbocycles. The van der Waals surface area contributed by atoms with Crippen molar-refractivity contribution in [3.63, 3.8) is 0 Å². The fourth-order valence-electron chi connectivity index (χ4n) is 4.15. The second-order valence-electron chi connectivity index (χ2n) is 7.96. The number of nitrogens with zero attached hydrogens (tertiary/aromatic N) is 1. The summed E-state index contributed by atoms with van der Waals surface area (Å²) in [5, 5.41) is 2.57. The van der Waals surface area contributed by atoms with E-state index in [1.165, 1.54) is 22.3 Å². The van der Waals surface area contributed by atoms with Crippen molar-refractivity contribution < 1.29 is 0 Å². The third kappa shape index (κ3) is 4.85. The van der Waals surface area contributed by atoms with Gasteiger partial charge in [-0.1, -0.05) is 96.0 Å². The minimum absolute atomic E-state index is 0.0510. The smallest absolute Gasteiger partial charge is 0.0708 e. The number of hydrogen-bond acceptors (Lipinski definition) is 1. The van der Waals surface area contributed by atoms with Gasteiger partial charge in [-0.3, -0.25) is 4.98 Å². The predicted molar refractivity (Wildman–Crippen MR) is 141 cm³/mol. The molecule has 0 saturated heterocycles. The first-order valence-electron chi connectivity index (χ1n) is 10.8. The highest BCUT2D eigenvalue weighted by Gasteiger charge is 2.18. The molecule has 0 fully saturated rings. The Kier molecular flexibility index (Phi) is 6.26. The average Bonchev–Trinajstić information content (AvgIpc) is 2.86. The lowest BCUT2D eigenvalue weighted by Gasteiger charge is -2.20. The van der Waals surface area contributed by atoms with Crippen molar-refractivity contribution >= 4 is 46.3 Å². The normalized spacial score (nSPS) is 11.5. The van der Waals surface area contributed by atoms with Gasteiger partial charge in [0, 0.05) is 27.5 Å². The van der Waals surface area contributed by atoms with E-state index in [2.05, 4.69) is 77.8 Å². The van der Waals surface area contributed by atoms with Crippen LogP contribution in [0.25, 0.3) is 23.1 Å². The molecule has 0 N–H and O–H groups in total. The predicted octanol–water partition coefficient (Wildman–Crippen LogP) is 8.89. The van der Waals surface area contributed by atoms with Crippen molar-refractivity contribution in [2.75, 3.05) is 0 Å². The number of benzene rings is 4. The van der Waals surface area contributed by atoms with Gasteiger partial charge in [-0.15, -0.1) is 0 Å². The van der Waals surface area contributed by atoms with Crippen LogP contribution in [0.15, 0.2) is 109 Å². The van der Waals surface area contributed by atoms with Crippen LogP contribution in [-0.4, -0.2) is 4.98 Å². The second-order valence-corrected chi connectivity index (χ2v) is 8.83. The molecule has 1 aromatic heterocycles. The van der Waals surface area contributed by atoms with Gasteiger partial charge in [0.2, 0.25) is 0 Å². The topological polar surface area (TPSA) is 12.9 Å². The Balaban J connectivity index is 1.63. The summed E-state index contributed by atoms with van der Waals surface area (Å²) < 4.78 is 0. The fraction of sp³-hybridized carbons (Fsp3) is 0.0333. The first kappa shape index (κ1) is 21.5. The zero-order valence-electron chi connectivity index (χ0n) is 17.8. The molecule has 33 heavy (non-hydrogen) atoms. The van der Waals surface area contributed by atoms with Gasteiger partial charge in [-0.2, -0.15) is 0 Å². The lowest BCUT2D eigenvalue weighted by molar-refractivity contribution is 0.980. The molecule has 5 rings (SSSR count). The van der Waals surface area contributed by atoms with Crippen molar-refractivity contribution in [2.45, 2.75) is 5.92 Å². The van der Waals surface area contributed by atoms with E-state index in [0.717, 1.165) is 26.5 Å². The van der Waals surface area contributed by atoms with Crippen molar-refractivity contribution in [1.82, 2.24) is 4.98 Å². The van der Waals surface area contributed by atoms with E-state index < -0.39 is 0 Å². The van der Waals surface area contributed by atoms with E-state index in [1.54, 1.807) is 0 Å². The maximum absolute atomic E-state index is 6.18. The molecule has 0 unspecified atom stereocenters. The van der Waals surface area contributed by atoms with Crippen LogP contribution in [0.3, 0.4) is 0 Å². The monoisotopic (exact) mass is 465 g/mol. The number of aromatic nitrogens is 1. The van der Waals surface area contributed by atoms with Crippen molar-refractivity contribution in [3.8, 4) is 0 Å². The van der Waals surface area contributed by atoms with Crippen LogP contribution in [0.1, 0.15) is 33.7 Å². The minimum Gasteiger partial charge on any atom is -0.256 e. The molecule has 0 radical (unpaired) electrons. The van der Waals surface area contributed by atoms with E-state index >= 15 is 0 Å². The van der Waals surface area contributed by atoms with E-state index in [9.17, 15) is 0 Å². The number of hydrogen-bond donors (Lipinski definition) is 0. The molecule has 0 atom stereocenters. The van der Waals surface area contributed by atoms with Crippen LogP contribution in [0, 0.1) is 0 Å². The molecular formula is C30H21Cl2N. The third-order valence-corrected chi connectivity index (χ3v) is 6.30. The summed E-state index contributed by atoms with van der Waals surface area (Å²) in [6, 6.07) is 35.0. The maximum Gasteiger partial charge on any atom is 0.0708 e. The molecule has 5 aromatic rings. The quantitative estimate of drug-likeness (QED) is 0.236. The van der Waals surface area contributed by atoms with E-state index in [0.29, 0.717) is 0 Å². The number of pyridine rings is 1. The van der Waals surface area contributed by atoms with E-state index in [4.69, 9.17) is 23.2 Å². The molecule has 1 heterocycles. The summed E-state index contributed by atoms with van der Waals surface area (Å²) in [7, 11) is 0. The van der Waals surface area contributed by atoms with Gasteiger partial charge in [0.15, 0.2) is 0 Å². The molecule has 0 spiro atoms. The molecule has 160 valence electrons. The second kappa shape index (κ2) is 9.62. The van der Waals surface area contributed by atoms with Crippen LogP contribution < -0.4 is 0 Å². The molecular weight excluding hydrogens is 445 g/mol. The number of rotatable bonds is 5. The van der Waals surface area contributed by atoms with Gasteiger partial charge in [0.25, 0.3) is 0 Å². The number of halogens is 2. The Hall–Kier alpha value is -3.39. The highest BCUT2D eigenvalue weighted by molar-refractivity contribution is 6.30. The molecule has 1 nitrogen and oxygen atoms in total. The minimum atomic E-state index is 0.0510. The highest BCUT2D eigenvalue weighted by Crippen LogP contribution is 2.35. The Bertz CT molecular complexity index is 1360. The molecule has 3 heteroatoms. The summed E-state index contributed by atoms with van der Waals surface area (Å²) >= 11 is 12.4. The third-order valence-electron chi connectivity index (χ3n) is 5.79. The van der Waals surface area contributed by atoms with Crippen LogP contribution in [-0.2, 0) is 0 Å². The summed E-state index contributed by atoms with van der Waals surface area (Å²) in [6.45, 7) is 0. The summed E-state index contributed by atoms with van der Waals surface area (Å²) in [4.78, 5) is 4.60. The molecule has 0 amide bonds. The maximum atomic E-state index is 6.18. The Morgan fingerprint density at radius 2 is 1.21 bits per heavy atom. The van der Waals surface area contributed by atoms with Gasteiger partial charge in [0.05, 0.1) is 5.52 Å². The van der Waals surface area contributed by atoms with Gasteiger partial charge in [0.1, 0.15) is 0 Å². The first-order chi connectivity index (χ1) is 16.2. The van der Waals surface area contributed by atoms with Gasteiger partial charge in [-0.25, -0.2) is 0 Å². The lowest BCUT2D eigenvalue weighted by atomic mass is 9.84. The number of fused-ring (bicyclic) bond motifs is 1. The lowest BCUT2D eigenvalue weighted by Crippen LogP contribution is -2.03. The molecule has 0 aliphatic carbocycles. The van der Waals surface area contributed by atoms with Gasteiger partial charge >= 0.3 is 0 Å². The standard InChI is InChI=1S/C30H21Cl2N/c31-26-13-8-23(9-14-26)30(24-10-15-27(32)16-11-24)25-12-17-29-28(20-25)22(18-19-33-29)7-6-21-4-2-1-3-5-21/h1-20,30H. The molecule has 0 saturated carbocycles. The van der Waals surface area contributed by atoms with Gasteiger partial charge in [-0.05, 0) is 70.3 Å². The van der Waals surface area contributed by atoms with Crippen molar-refractivity contribution in [2.24, 2.45) is 0 Å². The van der Waals surface area contributed by atoms with Crippen LogP contribution >= 0.6 is 23.2 Å². The largest absolute Gasteiger partial charge is 0.256 e. The van der Waals surface area contributed by atoms with Crippen LogP contribution in [0.5, 0.6) is 0 Å². The van der Waals surface area contributed by atoms with Crippen LogP contribution in [0.4, 0.5) is 0 Å². The molecule has 0 aliphatic rings. The molecule has 0 aliphatic heterocycles. The SMILES string of the molecule is Clc1ccc(C(c2ccc(Cl)cc2)c2ccc3nccc(C=Cc4ccccc4)c3c2)cc1. The summed E-state index contributed by atoms with van der Waals surface area (Å²) in [5.41, 5.74) is 6.81. The Morgan fingerprint density at radius 1 is 0.606 bits per heavy atom. The zero-order valence-corrected chi connectivity index (χ0v) is 19.3. The van der Waals surface area contributed by atoms with Gasteiger partial charge < -0.3 is 0 Å². The summed E-state index contributed by atoms with van der Waals surface area (Å²) in [6.07, 6.45) is 6.16. The fourth-order valence-corrected chi connectivity index (χ4v) is 4.40. The highest BCUT2D eigenvalue weighted by atomic mass is 35.5. The first-order valence-corrected chi connectivity index (χ1v) is 11.6. The van der Waals surface area contributed by atoms with Crippen molar-refractivity contribution in [3.05, 3.63) is 147 Å². The zero-order chi connectivity index (χ0) is 22.6. The van der Waals surface area contributed by atoms with E-state index in [-0.39, 0.29) is 5.92 Å². The Morgan fingerprint density at radius 3 is 1.85 bits per heavy atom. The molecule has 0 bridgehead atoms.